The van der Waals surface area contributed by atoms with Crippen LogP contribution in [0.15, 0.2) is 103 Å². The van der Waals surface area contributed by atoms with Crippen molar-refractivity contribution in [3.63, 3.8) is 0 Å². The largest absolute Gasteiger partial charge is 0.136 e. The third-order valence-electron chi connectivity index (χ3n) is 6.96. The van der Waals surface area contributed by atoms with Crippen LogP contribution < -0.4 is 9.75 Å². The van der Waals surface area contributed by atoms with E-state index in [1.807, 2.05) is 11.3 Å². The molecule has 1 heterocycles. The fourth-order valence-corrected chi connectivity index (χ4v) is 6.30. The molecule has 1 unspecified atom stereocenters. The molecule has 156 valence electrons. The lowest BCUT2D eigenvalue weighted by atomic mass is 9.90. The van der Waals surface area contributed by atoms with Crippen LogP contribution in [-0.2, 0) is 0 Å². The van der Waals surface area contributed by atoms with Gasteiger partial charge in [0.05, 0.1) is 0 Å². The highest BCUT2D eigenvalue weighted by Gasteiger charge is 2.14. The van der Waals surface area contributed by atoms with Gasteiger partial charge in [-0.1, -0.05) is 97.1 Å². The van der Waals surface area contributed by atoms with E-state index in [2.05, 4.69) is 115 Å². The molecule has 0 N–H and O–H groups in total. The van der Waals surface area contributed by atoms with Crippen molar-refractivity contribution in [1.82, 2.24) is 0 Å². The molecule has 0 amide bonds. The fraction of sp³-hybridized carbons (Fsp3) is 0.0625. The summed E-state index contributed by atoms with van der Waals surface area (Å²) >= 11 is 1.92. The van der Waals surface area contributed by atoms with Gasteiger partial charge in [-0.2, -0.15) is 0 Å². The standard InChI is InChI=1S/C32H22S/c1-3-7-23-17-25(11-9-21(23)5-1)27-13-15-31-29(19-27)30-20-28(14-16-32(30)33-31)26-12-10-22-6-2-4-8-24(22)18-26/h1-13,15-20,28H,14H2. The second-order valence-electron chi connectivity index (χ2n) is 8.97. The van der Waals surface area contributed by atoms with Gasteiger partial charge in [0.25, 0.3) is 0 Å². The van der Waals surface area contributed by atoms with Gasteiger partial charge in [-0.3, -0.25) is 0 Å². The van der Waals surface area contributed by atoms with Gasteiger partial charge >= 0.3 is 0 Å². The van der Waals surface area contributed by atoms with Crippen LogP contribution in [0.3, 0.4) is 0 Å². The highest BCUT2D eigenvalue weighted by molar-refractivity contribution is 7.17. The predicted octanol–water partition coefficient (Wildman–Crippen LogP) is 7.62. The molecular weight excluding hydrogens is 416 g/mol. The first kappa shape index (κ1) is 18.8. The van der Waals surface area contributed by atoms with Gasteiger partial charge in [0, 0.05) is 20.5 Å². The zero-order chi connectivity index (χ0) is 21.8. The predicted molar refractivity (Wildman–Crippen MR) is 144 cm³/mol. The van der Waals surface area contributed by atoms with Crippen LogP contribution in [-0.4, -0.2) is 0 Å². The van der Waals surface area contributed by atoms with Gasteiger partial charge < -0.3 is 0 Å². The zero-order valence-electron chi connectivity index (χ0n) is 18.2. The Morgan fingerprint density at radius 3 is 2.09 bits per heavy atom. The summed E-state index contributed by atoms with van der Waals surface area (Å²) in [6, 6.07) is 37.9. The van der Waals surface area contributed by atoms with Crippen molar-refractivity contribution in [3.8, 4) is 11.1 Å². The maximum Gasteiger partial charge on any atom is 0.0355 e. The lowest BCUT2D eigenvalue weighted by molar-refractivity contribution is 0.928. The van der Waals surface area contributed by atoms with Crippen LogP contribution in [0.25, 0.3) is 54.9 Å². The Bertz CT molecular complexity index is 1800. The van der Waals surface area contributed by atoms with E-state index >= 15 is 0 Å². The normalized spacial score (nSPS) is 15.3. The first-order valence-corrected chi connectivity index (χ1v) is 12.4. The molecule has 1 aliphatic rings. The van der Waals surface area contributed by atoms with E-state index in [4.69, 9.17) is 0 Å². The lowest BCUT2D eigenvalue weighted by Crippen LogP contribution is -2.23. The molecule has 1 aliphatic carbocycles. The summed E-state index contributed by atoms with van der Waals surface area (Å²) in [5, 5.41) is 7.99. The average Bonchev–Trinajstić information content (AvgIpc) is 3.25. The molecule has 1 aromatic heterocycles. The van der Waals surface area contributed by atoms with Crippen molar-refractivity contribution in [3.05, 3.63) is 118 Å². The highest BCUT2D eigenvalue weighted by atomic mass is 32.1. The topological polar surface area (TPSA) is 0 Å². The smallest absolute Gasteiger partial charge is 0.0355 e. The highest BCUT2D eigenvalue weighted by Crippen LogP contribution is 2.30. The maximum atomic E-state index is 2.50. The fourth-order valence-electron chi connectivity index (χ4n) is 5.18. The van der Waals surface area contributed by atoms with Crippen LogP contribution in [0.1, 0.15) is 17.9 Å². The van der Waals surface area contributed by atoms with Crippen LogP contribution in [0, 0.1) is 0 Å². The molecule has 0 saturated carbocycles. The van der Waals surface area contributed by atoms with Crippen molar-refractivity contribution >= 4 is 55.1 Å². The van der Waals surface area contributed by atoms with Crippen LogP contribution in [0.2, 0.25) is 0 Å². The Morgan fingerprint density at radius 1 is 0.606 bits per heavy atom. The molecule has 0 spiro atoms. The molecule has 0 nitrogen and oxygen atoms in total. The van der Waals surface area contributed by atoms with E-state index in [0.717, 1.165) is 6.42 Å². The van der Waals surface area contributed by atoms with E-state index in [9.17, 15) is 0 Å². The van der Waals surface area contributed by atoms with Gasteiger partial charge in [0.15, 0.2) is 0 Å². The number of thiophene rings is 1. The quantitative estimate of drug-likeness (QED) is 0.261. The molecule has 7 rings (SSSR count). The van der Waals surface area contributed by atoms with E-state index in [1.165, 1.54) is 58.1 Å². The summed E-state index contributed by atoms with van der Waals surface area (Å²) in [5.41, 5.74) is 3.97. The van der Waals surface area contributed by atoms with Crippen molar-refractivity contribution in [1.29, 1.82) is 0 Å². The van der Waals surface area contributed by atoms with Gasteiger partial charge in [-0.05, 0) is 68.1 Å². The number of hydrogen-bond donors (Lipinski definition) is 0. The molecular formula is C32H22S. The van der Waals surface area contributed by atoms with Crippen molar-refractivity contribution in [2.75, 3.05) is 0 Å². The Balaban J connectivity index is 1.36. The molecule has 1 heteroatoms. The van der Waals surface area contributed by atoms with Crippen LogP contribution >= 0.6 is 11.3 Å². The second-order valence-corrected chi connectivity index (χ2v) is 10.1. The van der Waals surface area contributed by atoms with Gasteiger partial charge in [-0.15, -0.1) is 11.3 Å². The van der Waals surface area contributed by atoms with Gasteiger partial charge in [-0.25, -0.2) is 0 Å². The molecule has 5 aromatic carbocycles. The van der Waals surface area contributed by atoms with Crippen LogP contribution in [0.4, 0.5) is 0 Å². The third kappa shape index (κ3) is 3.20. The molecule has 0 fully saturated rings. The first-order chi connectivity index (χ1) is 16.3. The summed E-state index contributed by atoms with van der Waals surface area (Å²) < 4.78 is 2.79. The van der Waals surface area contributed by atoms with E-state index < -0.39 is 0 Å². The zero-order valence-corrected chi connectivity index (χ0v) is 19.0. The van der Waals surface area contributed by atoms with E-state index in [1.54, 1.807) is 0 Å². The second kappa shape index (κ2) is 7.43. The SMILES string of the molecule is C1=c2sc3ccc(-c4ccc5ccccc5c4)cc3c2=CC(c2ccc3ccccc3c2)C1. The molecule has 6 aromatic rings. The Hall–Kier alpha value is -3.68. The Labute approximate surface area is 196 Å². The van der Waals surface area contributed by atoms with Crippen molar-refractivity contribution in [2.45, 2.75) is 12.3 Å². The summed E-state index contributed by atoms with van der Waals surface area (Å²) in [7, 11) is 0. The average molecular weight is 439 g/mol. The molecule has 0 bridgehead atoms. The minimum absolute atomic E-state index is 0.421. The van der Waals surface area contributed by atoms with E-state index in [-0.39, 0.29) is 0 Å². The number of fused-ring (bicyclic) bond motifs is 5. The molecule has 1 atom stereocenters. The number of benzene rings is 5. The minimum Gasteiger partial charge on any atom is -0.136 e. The monoisotopic (exact) mass is 438 g/mol. The summed E-state index contributed by atoms with van der Waals surface area (Å²) in [6.07, 6.45) is 6.01. The summed E-state index contributed by atoms with van der Waals surface area (Å²) in [5.74, 6) is 0.421. The Morgan fingerprint density at radius 2 is 1.27 bits per heavy atom. The first-order valence-electron chi connectivity index (χ1n) is 11.5. The van der Waals surface area contributed by atoms with Crippen LogP contribution in [0.5, 0.6) is 0 Å². The lowest BCUT2D eigenvalue weighted by Gasteiger charge is -2.14. The minimum atomic E-state index is 0.421. The van der Waals surface area contributed by atoms with Gasteiger partial charge in [0.2, 0.25) is 0 Å². The molecule has 0 saturated heterocycles. The number of hydrogen-bond acceptors (Lipinski definition) is 1. The Kier molecular flexibility index (Phi) is 4.25. The van der Waals surface area contributed by atoms with Crippen molar-refractivity contribution < 1.29 is 0 Å². The maximum absolute atomic E-state index is 2.50. The third-order valence-corrected chi connectivity index (χ3v) is 8.15. The molecule has 0 radical (unpaired) electrons. The summed E-state index contributed by atoms with van der Waals surface area (Å²) in [4.78, 5) is 0. The number of rotatable bonds is 2. The van der Waals surface area contributed by atoms with Crippen molar-refractivity contribution in [2.24, 2.45) is 0 Å². The summed E-state index contributed by atoms with van der Waals surface area (Å²) in [6.45, 7) is 0. The molecule has 33 heavy (non-hydrogen) atoms. The van der Waals surface area contributed by atoms with Gasteiger partial charge in [0.1, 0.15) is 0 Å². The molecule has 0 aliphatic heterocycles. The van der Waals surface area contributed by atoms with E-state index in [0.29, 0.717) is 5.92 Å².